The molecule has 4 unspecified atom stereocenters. The molecule has 0 aliphatic heterocycles. The molecule has 2 N–H and O–H groups in total. The molecule has 1 aliphatic carbocycles. The monoisotopic (exact) mass is 423 g/mol. The van der Waals surface area contributed by atoms with E-state index in [2.05, 4.69) is 0 Å². The van der Waals surface area contributed by atoms with E-state index < -0.39 is 35.0 Å². The highest BCUT2D eigenvalue weighted by molar-refractivity contribution is 6.13. The topological polar surface area (TPSA) is 95.7 Å². The van der Waals surface area contributed by atoms with Crippen LogP contribution in [0.5, 0.6) is 5.75 Å². The fourth-order valence-corrected chi connectivity index (χ4v) is 5.00. The van der Waals surface area contributed by atoms with E-state index in [1.165, 1.54) is 7.11 Å². The summed E-state index contributed by atoms with van der Waals surface area (Å²) in [4.78, 5) is 39.7. The second-order valence-corrected chi connectivity index (χ2v) is 8.29. The van der Waals surface area contributed by atoms with Crippen LogP contribution < -0.4 is 10.5 Å². The third-order valence-corrected chi connectivity index (χ3v) is 6.55. The molecule has 1 saturated carbocycles. The number of primary amides is 1. The number of hydrogen-bond acceptors (Lipinski definition) is 5. The predicted octanol–water partition coefficient (Wildman–Crippen LogP) is 3.03. The Balaban J connectivity index is 2.19. The maximum atomic E-state index is 13.5. The van der Waals surface area contributed by atoms with Crippen molar-refractivity contribution in [2.45, 2.75) is 37.7 Å². The van der Waals surface area contributed by atoms with Crippen LogP contribution in [-0.4, -0.2) is 37.8 Å². The van der Waals surface area contributed by atoms with Crippen LogP contribution in [0.4, 0.5) is 0 Å². The van der Waals surface area contributed by atoms with Crippen LogP contribution in [0.3, 0.4) is 0 Å². The zero-order valence-corrected chi connectivity index (χ0v) is 18.3. The molecule has 6 heteroatoms. The maximum absolute atomic E-state index is 13.5. The van der Waals surface area contributed by atoms with Crippen molar-refractivity contribution in [3.63, 3.8) is 0 Å². The summed E-state index contributed by atoms with van der Waals surface area (Å²) < 4.78 is 10.6. The lowest BCUT2D eigenvalue weighted by molar-refractivity contribution is -0.154. The Kier molecular flexibility index (Phi) is 6.60. The Morgan fingerprint density at radius 2 is 1.61 bits per heavy atom. The molecule has 0 spiro atoms. The van der Waals surface area contributed by atoms with Crippen molar-refractivity contribution >= 4 is 17.5 Å². The van der Waals surface area contributed by atoms with Gasteiger partial charge in [-0.05, 0) is 35.6 Å². The van der Waals surface area contributed by atoms with E-state index in [1.54, 1.807) is 31.4 Å². The predicted molar refractivity (Wildman–Crippen MR) is 117 cm³/mol. The number of nitrogens with two attached hydrogens (primary N) is 1. The Bertz CT molecular complexity index is 954. The van der Waals surface area contributed by atoms with Gasteiger partial charge in [-0.3, -0.25) is 14.4 Å². The van der Waals surface area contributed by atoms with Crippen LogP contribution in [0.2, 0.25) is 0 Å². The molecule has 3 rings (SSSR count). The first kappa shape index (κ1) is 22.7. The van der Waals surface area contributed by atoms with E-state index in [1.807, 2.05) is 44.2 Å². The average molecular weight is 424 g/mol. The molecule has 1 aliphatic rings. The van der Waals surface area contributed by atoms with E-state index in [0.717, 1.165) is 5.56 Å². The van der Waals surface area contributed by atoms with E-state index in [0.29, 0.717) is 11.3 Å². The third kappa shape index (κ3) is 3.76. The second-order valence-electron chi connectivity index (χ2n) is 8.29. The fourth-order valence-electron chi connectivity index (χ4n) is 5.00. The number of carbonyl (C=O) groups is 3. The van der Waals surface area contributed by atoms with Crippen molar-refractivity contribution in [2.24, 2.45) is 17.6 Å². The van der Waals surface area contributed by atoms with Crippen molar-refractivity contribution in [2.75, 3.05) is 14.2 Å². The van der Waals surface area contributed by atoms with Gasteiger partial charge < -0.3 is 15.2 Å². The third-order valence-electron chi connectivity index (χ3n) is 6.55. The van der Waals surface area contributed by atoms with Crippen LogP contribution in [0.1, 0.15) is 37.3 Å². The quantitative estimate of drug-likeness (QED) is 0.691. The Morgan fingerprint density at radius 3 is 2.10 bits per heavy atom. The summed E-state index contributed by atoms with van der Waals surface area (Å²) in [6.45, 7) is 3.75. The summed E-state index contributed by atoms with van der Waals surface area (Å²) in [6, 6.07) is 16.3. The lowest BCUT2D eigenvalue weighted by Crippen LogP contribution is -2.59. The van der Waals surface area contributed by atoms with Gasteiger partial charge in [0.2, 0.25) is 5.91 Å². The second kappa shape index (κ2) is 9.02. The van der Waals surface area contributed by atoms with Crippen molar-refractivity contribution < 1.29 is 23.9 Å². The SMILES string of the molecule is COc1ccc(C(C(N)=O)(C(C)C)C2CC(c3ccccc3)C(=O)C(OC)C2=O)cc1. The van der Waals surface area contributed by atoms with Crippen LogP contribution in [0, 0.1) is 11.8 Å². The fraction of sp³-hybridized carbons (Fsp3) is 0.400. The number of rotatable bonds is 7. The molecule has 0 heterocycles. The van der Waals surface area contributed by atoms with Crippen molar-refractivity contribution in [1.29, 1.82) is 0 Å². The molecule has 2 aromatic rings. The lowest BCUT2D eigenvalue weighted by Gasteiger charge is -2.45. The molecule has 0 aromatic heterocycles. The molecule has 164 valence electrons. The largest absolute Gasteiger partial charge is 0.497 e. The molecule has 2 aromatic carbocycles. The smallest absolute Gasteiger partial charge is 0.229 e. The molecule has 4 atom stereocenters. The maximum Gasteiger partial charge on any atom is 0.229 e. The number of carbonyl (C=O) groups excluding carboxylic acids is 3. The van der Waals surface area contributed by atoms with Crippen molar-refractivity contribution in [1.82, 2.24) is 0 Å². The first-order valence-electron chi connectivity index (χ1n) is 10.4. The molecule has 0 saturated heterocycles. The summed E-state index contributed by atoms with van der Waals surface area (Å²) in [5.41, 5.74) is 6.15. The number of benzene rings is 2. The Labute approximate surface area is 182 Å². The number of amides is 1. The highest BCUT2D eigenvalue weighted by atomic mass is 16.5. The van der Waals surface area contributed by atoms with Gasteiger partial charge in [0, 0.05) is 18.9 Å². The van der Waals surface area contributed by atoms with Gasteiger partial charge in [-0.15, -0.1) is 0 Å². The number of methoxy groups -OCH3 is 2. The Morgan fingerprint density at radius 1 is 1.00 bits per heavy atom. The summed E-state index contributed by atoms with van der Waals surface area (Å²) in [5, 5.41) is 0. The molecule has 6 nitrogen and oxygen atoms in total. The minimum absolute atomic E-state index is 0.189. The normalized spacial score (nSPS) is 23.5. The summed E-state index contributed by atoms with van der Waals surface area (Å²) >= 11 is 0. The molecule has 31 heavy (non-hydrogen) atoms. The molecule has 1 fully saturated rings. The molecular formula is C25H29NO5. The number of ketones is 2. The highest BCUT2D eigenvalue weighted by Crippen LogP contribution is 2.48. The number of ether oxygens (including phenoxy) is 2. The number of Topliss-reactive ketones (excluding diaryl/α,β-unsaturated/α-hetero) is 2. The van der Waals surface area contributed by atoms with E-state index in [9.17, 15) is 14.4 Å². The zero-order valence-electron chi connectivity index (χ0n) is 18.3. The average Bonchev–Trinajstić information content (AvgIpc) is 2.76. The first-order chi connectivity index (χ1) is 14.8. The van der Waals surface area contributed by atoms with Gasteiger partial charge in [0.15, 0.2) is 17.7 Å². The highest BCUT2D eigenvalue weighted by Gasteiger charge is 2.57. The van der Waals surface area contributed by atoms with E-state index >= 15 is 0 Å². The van der Waals surface area contributed by atoms with Crippen LogP contribution in [0.15, 0.2) is 54.6 Å². The van der Waals surface area contributed by atoms with Crippen LogP contribution >= 0.6 is 0 Å². The van der Waals surface area contributed by atoms with Crippen molar-refractivity contribution in [3.8, 4) is 5.75 Å². The molecule has 0 radical (unpaired) electrons. The molecule has 0 bridgehead atoms. The molecular weight excluding hydrogens is 394 g/mol. The molecule has 1 amide bonds. The summed E-state index contributed by atoms with van der Waals surface area (Å²) in [7, 11) is 2.91. The van der Waals surface area contributed by atoms with E-state index in [-0.39, 0.29) is 18.1 Å². The first-order valence-corrected chi connectivity index (χ1v) is 10.4. The van der Waals surface area contributed by atoms with Gasteiger partial charge >= 0.3 is 0 Å². The van der Waals surface area contributed by atoms with Gasteiger partial charge in [0.05, 0.1) is 12.5 Å². The summed E-state index contributed by atoms with van der Waals surface area (Å²) in [5.74, 6) is -2.32. The van der Waals surface area contributed by atoms with Gasteiger partial charge in [-0.25, -0.2) is 0 Å². The minimum atomic E-state index is -1.30. The van der Waals surface area contributed by atoms with Crippen LogP contribution in [0.25, 0.3) is 0 Å². The van der Waals surface area contributed by atoms with Crippen LogP contribution in [-0.2, 0) is 24.5 Å². The van der Waals surface area contributed by atoms with Gasteiger partial charge in [0.25, 0.3) is 0 Å². The minimum Gasteiger partial charge on any atom is -0.497 e. The zero-order chi connectivity index (χ0) is 22.8. The van der Waals surface area contributed by atoms with Gasteiger partial charge in [-0.2, -0.15) is 0 Å². The number of hydrogen-bond donors (Lipinski definition) is 1. The summed E-state index contributed by atoms with van der Waals surface area (Å²) in [6.07, 6.45) is -1.05. The van der Waals surface area contributed by atoms with Gasteiger partial charge in [-0.1, -0.05) is 56.3 Å². The standard InChI is InChI=1S/C25H29NO5/c1-15(2)25(24(26)29,17-10-12-18(30-3)13-11-17)20-14-19(16-8-6-5-7-9-16)21(27)23(31-4)22(20)28/h5-13,15,19-20,23H,14H2,1-4H3,(H2,26,29). The lowest BCUT2D eigenvalue weighted by atomic mass is 9.56. The Hall–Kier alpha value is -2.99. The van der Waals surface area contributed by atoms with E-state index in [4.69, 9.17) is 15.2 Å². The van der Waals surface area contributed by atoms with Crippen molar-refractivity contribution in [3.05, 3.63) is 65.7 Å². The van der Waals surface area contributed by atoms with Gasteiger partial charge in [0.1, 0.15) is 5.75 Å².